The number of carbonyl (C=O) groups is 1. The van der Waals surface area contributed by atoms with E-state index in [0.29, 0.717) is 17.7 Å². The molecule has 1 aliphatic rings. The van der Waals surface area contributed by atoms with Crippen LogP contribution in [0.2, 0.25) is 0 Å². The predicted molar refractivity (Wildman–Crippen MR) is 95.9 cm³/mol. The first-order chi connectivity index (χ1) is 11.8. The third kappa shape index (κ3) is 4.32. The van der Waals surface area contributed by atoms with Crippen LogP contribution in [0.15, 0.2) is 17.1 Å². The van der Waals surface area contributed by atoms with Crippen molar-refractivity contribution in [1.82, 2.24) is 20.3 Å². The normalized spacial score (nSPS) is 18.8. The second-order valence-corrected chi connectivity index (χ2v) is 7.42. The highest BCUT2D eigenvalue weighted by molar-refractivity contribution is 5.85. The molecule has 3 N–H and O–H groups in total. The number of imidazole rings is 1. The standard InChI is InChI=1S/C17H25N5O3/c1-17(2,3)25-16(24)19-11-6-4-5-9-22(10-11)12-7-8-18-14-13(12)20-15(23)21-14/h7-8,11H,4-6,9-10H2,1-3H3,(H,19,24)(H2,18,20,21,23). The van der Waals surface area contributed by atoms with Gasteiger partial charge in [0.05, 0.1) is 5.69 Å². The fraction of sp³-hybridized carbons (Fsp3) is 0.588. The summed E-state index contributed by atoms with van der Waals surface area (Å²) in [6, 6.07) is 1.88. The van der Waals surface area contributed by atoms with Crippen LogP contribution < -0.4 is 15.9 Å². The third-order valence-electron chi connectivity index (χ3n) is 4.13. The zero-order valence-electron chi connectivity index (χ0n) is 14.9. The van der Waals surface area contributed by atoms with Crippen molar-refractivity contribution in [2.24, 2.45) is 0 Å². The molecule has 0 aliphatic carbocycles. The molecule has 0 bridgehead atoms. The van der Waals surface area contributed by atoms with Crippen LogP contribution in [0.25, 0.3) is 11.2 Å². The largest absolute Gasteiger partial charge is 0.444 e. The van der Waals surface area contributed by atoms with Crippen molar-refractivity contribution in [3.05, 3.63) is 22.7 Å². The minimum atomic E-state index is -0.517. The predicted octanol–water partition coefficient (Wildman–Crippen LogP) is 2.13. The van der Waals surface area contributed by atoms with Gasteiger partial charge in [0.25, 0.3) is 0 Å². The molecule has 3 heterocycles. The third-order valence-corrected chi connectivity index (χ3v) is 4.13. The molecule has 3 rings (SSSR count). The lowest BCUT2D eigenvalue weighted by atomic mass is 10.1. The van der Waals surface area contributed by atoms with Gasteiger partial charge < -0.3 is 19.9 Å². The Kier molecular flexibility index (Phi) is 4.69. The van der Waals surface area contributed by atoms with Gasteiger partial charge in [-0.1, -0.05) is 0 Å². The van der Waals surface area contributed by atoms with Gasteiger partial charge in [0.1, 0.15) is 11.1 Å². The van der Waals surface area contributed by atoms with Crippen molar-refractivity contribution < 1.29 is 9.53 Å². The molecule has 0 aromatic carbocycles. The van der Waals surface area contributed by atoms with E-state index in [1.165, 1.54) is 0 Å². The van der Waals surface area contributed by atoms with Gasteiger partial charge in [0, 0.05) is 25.3 Å². The van der Waals surface area contributed by atoms with E-state index in [-0.39, 0.29) is 11.7 Å². The van der Waals surface area contributed by atoms with Crippen molar-refractivity contribution in [3.63, 3.8) is 0 Å². The number of aromatic nitrogens is 3. The number of amides is 1. The van der Waals surface area contributed by atoms with Crippen molar-refractivity contribution in [2.45, 2.75) is 51.7 Å². The lowest BCUT2D eigenvalue weighted by molar-refractivity contribution is 0.0504. The molecule has 8 heteroatoms. The number of hydrogen-bond acceptors (Lipinski definition) is 5. The highest BCUT2D eigenvalue weighted by atomic mass is 16.6. The Hall–Kier alpha value is -2.51. The second kappa shape index (κ2) is 6.78. The van der Waals surface area contributed by atoms with E-state index in [1.54, 1.807) is 6.20 Å². The number of alkyl carbamates (subject to hydrolysis) is 1. The number of anilines is 1. The first-order valence-corrected chi connectivity index (χ1v) is 8.63. The van der Waals surface area contributed by atoms with E-state index in [4.69, 9.17) is 4.74 Å². The number of rotatable bonds is 2. The fourth-order valence-electron chi connectivity index (χ4n) is 3.14. The number of nitrogens with one attached hydrogen (secondary N) is 3. The quantitative estimate of drug-likeness (QED) is 0.772. The second-order valence-electron chi connectivity index (χ2n) is 7.42. The summed E-state index contributed by atoms with van der Waals surface area (Å²) < 4.78 is 5.36. The Bertz CT molecular complexity index is 804. The van der Waals surface area contributed by atoms with Crippen LogP contribution in [-0.4, -0.2) is 45.8 Å². The van der Waals surface area contributed by atoms with Gasteiger partial charge in [0.15, 0.2) is 5.65 Å². The van der Waals surface area contributed by atoms with Crippen molar-refractivity contribution in [2.75, 3.05) is 18.0 Å². The fourth-order valence-corrected chi connectivity index (χ4v) is 3.14. The molecular formula is C17H25N5O3. The van der Waals surface area contributed by atoms with Crippen LogP contribution in [0.3, 0.4) is 0 Å². The van der Waals surface area contributed by atoms with E-state index < -0.39 is 11.7 Å². The maximum absolute atomic E-state index is 12.1. The van der Waals surface area contributed by atoms with Gasteiger partial charge in [-0.2, -0.15) is 0 Å². The molecule has 1 aliphatic heterocycles. The van der Waals surface area contributed by atoms with Gasteiger partial charge in [-0.15, -0.1) is 0 Å². The first kappa shape index (κ1) is 17.3. The minimum Gasteiger partial charge on any atom is -0.444 e. The number of pyridine rings is 1. The maximum Gasteiger partial charge on any atom is 0.407 e. The van der Waals surface area contributed by atoms with E-state index in [0.717, 1.165) is 31.5 Å². The van der Waals surface area contributed by atoms with Crippen LogP contribution in [-0.2, 0) is 4.74 Å². The van der Waals surface area contributed by atoms with Gasteiger partial charge in [-0.3, -0.25) is 4.98 Å². The Balaban J connectivity index is 1.77. The highest BCUT2D eigenvalue weighted by Crippen LogP contribution is 2.24. The van der Waals surface area contributed by atoms with Crippen LogP contribution in [0.1, 0.15) is 40.0 Å². The minimum absolute atomic E-state index is 0.00812. The van der Waals surface area contributed by atoms with E-state index in [1.807, 2.05) is 26.8 Å². The van der Waals surface area contributed by atoms with Crippen LogP contribution in [0.5, 0.6) is 0 Å². The number of aromatic amines is 2. The van der Waals surface area contributed by atoms with Crippen molar-refractivity contribution in [1.29, 1.82) is 0 Å². The molecule has 0 spiro atoms. The van der Waals surface area contributed by atoms with Crippen molar-refractivity contribution >= 4 is 22.9 Å². The Morgan fingerprint density at radius 3 is 2.92 bits per heavy atom. The number of hydrogen-bond donors (Lipinski definition) is 3. The maximum atomic E-state index is 12.1. The Labute approximate surface area is 146 Å². The molecule has 1 atom stereocenters. The number of nitrogens with zero attached hydrogens (tertiary/aromatic N) is 2. The highest BCUT2D eigenvalue weighted by Gasteiger charge is 2.24. The molecule has 1 saturated heterocycles. The number of fused-ring (bicyclic) bond motifs is 1. The zero-order valence-corrected chi connectivity index (χ0v) is 14.9. The zero-order chi connectivity index (χ0) is 18.0. The summed E-state index contributed by atoms with van der Waals surface area (Å²) in [6.45, 7) is 7.07. The monoisotopic (exact) mass is 347 g/mol. The summed E-state index contributed by atoms with van der Waals surface area (Å²) in [4.78, 5) is 35.5. The molecule has 136 valence electrons. The first-order valence-electron chi connectivity index (χ1n) is 8.63. The molecule has 1 amide bonds. The van der Waals surface area contributed by atoms with Gasteiger partial charge in [-0.25, -0.2) is 14.6 Å². The molecule has 8 nitrogen and oxygen atoms in total. The van der Waals surface area contributed by atoms with Crippen LogP contribution in [0.4, 0.5) is 10.5 Å². The summed E-state index contributed by atoms with van der Waals surface area (Å²) >= 11 is 0. The molecule has 1 unspecified atom stereocenters. The van der Waals surface area contributed by atoms with Gasteiger partial charge in [-0.05, 0) is 46.1 Å². The Morgan fingerprint density at radius 1 is 1.36 bits per heavy atom. The molecule has 2 aromatic rings. The van der Waals surface area contributed by atoms with E-state index in [9.17, 15) is 9.59 Å². The lowest BCUT2D eigenvalue weighted by Crippen LogP contribution is -2.44. The van der Waals surface area contributed by atoms with Gasteiger partial charge in [0.2, 0.25) is 0 Å². The molecule has 1 fully saturated rings. The molecule has 0 saturated carbocycles. The average Bonchev–Trinajstić information content (AvgIpc) is 2.72. The number of H-pyrrole nitrogens is 2. The van der Waals surface area contributed by atoms with E-state index in [2.05, 4.69) is 25.2 Å². The summed E-state index contributed by atoms with van der Waals surface area (Å²) in [6.07, 6.45) is 4.23. The SMILES string of the molecule is CC(C)(C)OC(=O)NC1CCCCN(c2ccnc3[nH]c(=O)[nH]c23)C1. The summed E-state index contributed by atoms with van der Waals surface area (Å²) in [5.41, 5.74) is 1.37. The van der Waals surface area contributed by atoms with Crippen LogP contribution >= 0.6 is 0 Å². The van der Waals surface area contributed by atoms with Crippen molar-refractivity contribution in [3.8, 4) is 0 Å². The topological polar surface area (TPSA) is 103 Å². The Morgan fingerprint density at radius 2 is 2.16 bits per heavy atom. The number of carbonyl (C=O) groups excluding carboxylic acids is 1. The lowest BCUT2D eigenvalue weighted by Gasteiger charge is -2.28. The van der Waals surface area contributed by atoms with Crippen LogP contribution in [0, 0.1) is 0 Å². The molecule has 25 heavy (non-hydrogen) atoms. The summed E-state index contributed by atoms with van der Waals surface area (Å²) in [7, 11) is 0. The van der Waals surface area contributed by atoms with E-state index >= 15 is 0 Å². The number of ether oxygens (including phenoxy) is 1. The molecule has 0 radical (unpaired) electrons. The smallest absolute Gasteiger partial charge is 0.407 e. The van der Waals surface area contributed by atoms with Gasteiger partial charge >= 0.3 is 11.8 Å². The molecular weight excluding hydrogens is 322 g/mol. The molecule has 2 aromatic heterocycles. The average molecular weight is 347 g/mol. The summed E-state index contributed by atoms with van der Waals surface area (Å²) in [5, 5.41) is 2.97. The summed E-state index contributed by atoms with van der Waals surface area (Å²) in [5.74, 6) is 0.